The van der Waals surface area contributed by atoms with E-state index in [9.17, 15) is 0 Å². The van der Waals surface area contributed by atoms with Crippen LogP contribution in [0.15, 0.2) is 182 Å². The van der Waals surface area contributed by atoms with Crippen LogP contribution in [-0.2, 0) is 5.41 Å². The maximum Gasteiger partial charge on any atom is 0.0562 e. The standard InChI is InChI=1S/C49H36N2/c1-49(2)44-23-13-11-21-39(44)40-28-27-38(30-45(40)49)50(37-26-25-33-15-9-10-18-35(33)29-37)47-32-48-43(31-42(47)34-16-5-3-6-17-34)41-22-12-14-24-46(41)51(48)36-19-7-4-8-20-36/h3-32H,1-2H3. The lowest BCUT2D eigenvalue weighted by molar-refractivity contribution is 0.660. The van der Waals surface area contributed by atoms with Crippen molar-refractivity contribution >= 4 is 49.6 Å². The lowest BCUT2D eigenvalue weighted by atomic mass is 9.82. The summed E-state index contributed by atoms with van der Waals surface area (Å²) in [7, 11) is 0. The molecule has 0 N–H and O–H groups in total. The first-order chi connectivity index (χ1) is 25.1. The number of rotatable bonds is 5. The molecule has 1 heterocycles. The van der Waals surface area contributed by atoms with Crippen LogP contribution >= 0.6 is 0 Å². The van der Waals surface area contributed by atoms with E-state index in [-0.39, 0.29) is 5.41 Å². The zero-order valence-electron chi connectivity index (χ0n) is 28.7. The second-order valence-corrected chi connectivity index (χ2v) is 14.2. The molecule has 0 radical (unpaired) electrons. The first-order valence-corrected chi connectivity index (χ1v) is 17.8. The molecule has 9 aromatic rings. The summed E-state index contributed by atoms with van der Waals surface area (Å²) in [4.78, 5) is 2.49. The molecule has 10 rings (SSSR count). The topological polar surface area (TPSA) is 8.17 Å². The van der Waals surface area contributed by atoms with Crippen molar-refractivity contribution < 1.29 is 0 Å². The third-order valence-electron chi connectivity index (χ3n) is 10.9. The van der Waals surface area contributed by atoms with Gasteiger partial charge in [-0.3, -0.25) is 0 Å². The molecule has 0 fully saturated rings. The van der Waals surface area contributed by atoms with Crippen LogP contribution in [0.25, 0.3) is 60.5 Å². The highest BCUT2D eigenvalue weighted by Crippen LogP contribution is 2.52. The number of aromatic nitrogens is 1. The molecule has 1 aliphatic rings. The fraction of sp³-hybridized carbons (Fsp3) is 0.0612. The van der Waals surface area contributed by atoms with E-state index < -0.39 is 0 Å². The van der Waals surface area contributed by atoms with Crippen LogP contribution in [0, 0.1) is 0 Å². The summed E-state index contributed by atoms with van der Waals surface area (Å²) in [5, 5.41) is 4.93. The molecule has 0 saturated carbocycles. The summed E-state index contributed by atoms with van der Waals surface area (Å²) in [6, 6.07) is 66.8. The minimum atomic E-state index is -0.122. The third kappa shape index (κ3) is 4.57. The van der Waals surface area contributed by atoms with Gasteiger partial charge >= 0.3 is 0 Å². The molecule has 2 nitrogen and oxygen atoms in total. The van der Waals surface area contributed by atoms with E-state index in [2.05, 4.69) is 205 Å². The lowest BCUT2D eigenvalue weighted by Gasteiger charge is -2.30. The van der Waals surface area contributed by atoms with Crippen LogP contribution in [0.1, 0.15) is 25.0 Å². The van der Waals surface area contributed by atoms with Crippen LogP contribution in [0.2, 0.25) is 0 Å². The number of benzene rings is 8. The fourth-order valence-electron chi connectivity index (χ4n) is 8.47. The number of nitrogens with zero attached hydrogens (tertiary/aromatic N) is 2. The average molecular weight is 653 g/mol. The molecule has 0 aliphatic heterocycles. The van der Waals surface area contributed by atoms with Crippen LogP contribution in [0.3, 0.4) is 0 Å². The Labute approximate surface area is 298 Å². The van der Waals surface area contributed by atoms with Crippen molar-refractivity contribution in [1.29, 1.82) is 0 Å². The number of para-hydroxylation sites is 2. The van der Waals surface area contributed by atoms with Crippen molar-refractivity contribution in [2.24, 2.45) is 0 Å². The van der Waals surface area contributed by atoms with E-state index in [0.29, 0.717) is 0 Å². The van der Waals surface area contributed by atoms with Gasteiger partial charge in [-0.2, -0.15) is 0 Å². The van der Waals surface area contributed by atoms with E-state index in [1.165, 1.54) is 66.0 Å². The highest BCUT2D eigenvalue weighted by Gasteiger charge is 2.36. The van der Waals surface area contributed by atoms with E-state index in [4.69, 9.17) is 0 Å². The Morgan fingerprint density at radius 2 is 1.08 bits per heavy atom. The average Bonchev–Trinajstić information content (AvgIpc) is 3.63. The maximum absolute atomic E-state index is 2.49. The Balaban J connectivity index is 1.31. The minimum Gasteiger partial charge on any atom is -0.310 e. The Morgan fingerprint density at radius 1 is 0.431 bits per heavy atom. The summed E-state index contributed by atoms with van der Waals surface area (Å²) in [5.41, 5.74) is 14.6. The Hall–Kier alpha value is -6.38. The summed E-state index contributed by atoms with van der Waals surface area (Å²) >= 11 is 0. The molecule has 1 aromatic heterocycles. The van der Waals surface area contributed by atoms with Crippen LogP contribution < -0.4 is 4.90 Å². The van der Waals surface area contributed by atoms with Crippen LogP contribution in [-0.4, -0.2) is 4.57 Å². The van der Waals surface area contributed by atoms with E-state index in [1.54, 1.807) is 0 Å². The first-order valence-electron chi connectivity index (χ1n) is 17.8. The number of fused-ring (bicyclic) bond motifs is 7. The summed E-state index contributed by atoms with van der Waals surface area (Å²) < 4.78 is 2.42. The molecule has 1 aliphatic carbocycles. The first kappa shape index (κ1) is 29.5. The van der Waals surface area contributed by atoms with E-state index in [0.717, 1.165) is 22.7 Å². The fourth-order valence-corrected chi connectivity index (χ4v) is 8.47. The van der Waals surface area contributed by atoms with Gasteiger partial charge in [0.2, 0.25) is 0 Å². The van der Waals surface area contributed by atoms with Crippen LogP contribution in [0.5, 0.6) is 0 Å². The molecule has 2 heteroatoms. The van der Waals surface area contributed by atoms with Gasteiger partial charge in [-0.15, -0.1) is 0 Å². The predicted molar refractivity (Wildman–Crippen MR) is 216 cm³/mol. The SMILES string of the molecule is CC1(C)c2ccccc2-c2ccc(N(c3ccc4ccccc4c3)c3cc4c(cc3-c3ccccc3)c3ccccc3n4-c3ccccc3)cc21. The Bertz CT molecular complexity index is 2770. The number of anilines is 3. The van der Waals surface area contributed by atoms with Gasteiger partial charge in [-0.05, 0) is 93.2 Å². The smallest absolute Gasteiger partial charge is 0.0562 e. The van der Waals surface area contributed by atoms with Crippen molar-refractivity contribution in [3.8, 4) is 27.9 Å². The normalized spacial score (nSPS) is 13.1. The second kappa shape index (κ2) is 11.3. The minimum absolute atomic E-state index is 0.122. The zero-order chi connectivity index (χ0) is 34.1. The summed E-state index contributed by atoms with van der Waals surface area (Å²) in [6.07, 6.45) is 0. The highest BCUT2D eigenvalue weighted by molar-refractivity contribution is 6.13. The molecule has 51 heavy (non-hydrogen) atoms. The van der Waals surface area contributed by atoms with Gasteiger partial charge in [0.15, 0.2) is 0 Å². The molecule has 8 aromatic carbocycles. The lowest BCUT2D eigenvalue weighted by Crippen LogP contribution is -2.17. The molecular formula is C49H36N2. The van der Waals surface area contributed by atoms with E-state index in [1.807, 2.05) is 0 Å². The quantitative estimate of drug-likeness (QED) is 0.180. The van der Waals surface area contributed by atoms with Gasteiger partial charge < -0.3 is 9.47 Å². The van der Waals surface area contributed by atoms with Gasteiger partial charge in [0.1, 0.15) is 0 Å². The highest BCUT2D eigenvalue weighted by atomic mass is 15.1. The van der Waals surface area contributed by atoms with Gasteiger partial charge in [-0.1, -0.05) is 141 Å². The van der Waals surface area contributed by atoms with Crippen molar-refractivity contribution in [3.63, 3.8) is 0 Å². The summed E-state index contributed by atoms with van der Waals surface area (Å²) in [5.74, 6) is 0. The van der Waals surface area contributed by atoms with Gasteiger partial charge in [-0.25, -0.2) is 0 Å². The molecule has 0 bridgehead atoms. The molecule has 0 spiro atoms. The molecule has 0 saturated heterocycles. The van der Waals surface area contributed by atoms with Gasteiger partial charge in [0.25, 0.3) is 0 Å². The van der Waals surface area contributed by atoms with Crippen molar-refractivity contribution in [1.82, 2.24) is 4.57 Å². The molecule has 0 amide bonds. The molecular weight excluding hydrogens is 617 g/mol. The third-order valence-corrected chi connectivity index (χ3v) is 10.9. The molecule has 0 atom stereocenters. The zero-order valence-corrected chi connectivity index (χ0v) is 28.7. The number of hydrogen-bond acceptors (Lipinski definition) is 1. The Morgan fingerprint density at radius 3 is 1.92 bits per heavy atom. The largest absolute Gasteiger partial charge is 0.310 e. The van der Waals surface area contributed by atoms with Crippen molar-refractivity contribution in [3.05, 3.63) is 193 Å². The van der Waals surface area contributed by atoms with Crippen LogP contribution in [0.4, 0.5) is 17.1 Å². The van der Waals surface area contributed by atoms with E-state index >= 15 is 0 Å². The van der Waals surface area contributed by atoms with Crippen molar-refractivity contribution in [2.75, 3.05) is 4.90 Å². The maximum atomic E-state index is 2.49. The predicted octanol–water partition coefficient (Wildman–Crippen LogP) is 13.4. The number of hydrogen-bond donors (Lipinski definition) is 0. The summed E-state index contributed by atoms with van der Waals surface area (Å²) in [6.45, 7) is 4.73. The monoisotopic (exact) mass is 652 g/mol. The second-order valence-electron chi connectivity index (χ2n) is 14.2. The van der Waals surface area contributed by atoms with Gasteiger partial charge in [0.05, 0.1) is 16.7 Å². The van der Waals surface area contributed by atoms with Gasteiger partial charge in [0, 0.05) is 38.8 Å². The molecule has 0 unspecified atom stereocenters. The molecule has 242 valence electrons. The Kier molecular flexibility index (Phi) is 6.56. The van der Waals surface area contributed by atoms with Crippen molar-refractivity contribution in [2.45, 2.75) is 19.3 Å².